The molecule has 0 aromatic carbocycles. The van der Waals surface area contributed by atoms with Crippen LogP contribution in [0.25, 0.3) is 0 Å². The Morgan fingerprint density at radius 3 is 2.62 bits per heavy atom. The number of anilines is 1. The number of hydrogen-bond donors (Lipinski definition) is 1. The van der Waals surface area contributed by atoms with E-state index >= 15 is 0 Å². The molecule has 1 aromatic heterocycles. The van der Waals surface area contributed by atoms with Crippen molar-refractivity contribution in [1.82, 2.24) is 14.5 Å². The van der Waals surface area contributed by atoms with Gasteiger partial charge >= 0.3 is 5.97 Å². The van der Waals surface area contributed by atoms with Crippen molar-refractivity contribution in [2.45, 2.75) is 45.6 Å². The number of carbonyl (C=O) groups is 2. The molecule has 1 aromatic rings. The lowest BCUT2D eigenvalue weighted by Gasteiger charge is -2.33. The molecule has 2 aliphatic rings. The first-order chi connectivity index (χ1) is 11.6. The van der Waals surface area contributed by atoms with Gasteiger partial charge in [-0.2, -0.15) is 0 Å². The summed E-state index contributed by atoms with van der Waals surface area (Å²) in [5.74, 6) is 1.02. The molecule has 1 saturated heterocycles. The van der Waals surface area contributed by atoms with Crippen molar-refractivity contribution in [3.8, 4) is 0 Å². The van der Waals surface area contributed by atoms with Crippen LogP contribution in [0, 0.1) is 11.8 Å². The number of imidazole rings is 1. The number of ether oxygens (including phenoxy) is 1. The number of rotatable bonds is 5. The van der Waals surface area contributed by atoms with E-state index in [2.05, 4.69) is 11.9 Å². The first-order valence-corrected chi connectivity index (χ1v) is 8.85. The number of amides is 1. The Balaban J connectivity index is 1.59. The summed E-state index contributed by atoms with van der Waals surface area (Å²) < 4.78 is 6.81. The van der Waals surface area contributed by atoms with Gasteiger partial charge in [0.25, 0.3) is 0 Å². The molecule has 7 heteroatoms. The Hall–Kier alpha value is -2.05. The molecule has 2 fully saturated rings. The van der Waals surface area contributed by atoms with E-state index in [1.807, 2.05) is 9.47 Å². The van der Waals surface area contributed by atoms with Crippen molar-refractivity contribution in [1.29, 1.82) is 0 Å². The number of nitrogens with two attached hydrogens (primary N) is 1. The van der Waals surface area contributed by atoms with Crippen molar-refractivity contribution in [3.63, 3.8) is 0 Å². The Labute approximate surface area is 142 Å². The predicted molar refractivity (Wildman–Crippen MR) is 89.3 cm³/mol. The zero-order valence-corrected chi connectivity index (χ0v) is 14.4. The SMILES string of the molecule is CCOC(=O)c1ncn(C2CCN(C(=O)[C@@H]3C[C@H]3CC)CC2)c1N. The minimum absolute atomic E-state index is 0.172. The fourth-order valence-electron chi connectivity index (χ4n) is 3.62. The number of piperidine rings is 1. The quantitative estimate of drug-likeness (QED) is 0.830. The molecule has 0 radical (unpaired) electrons. The molecule has 132 valence electrons. The zero-order chi connectivity index (χ0) is 17.3. The van der Waals surface area contributed by atoms with Gasteiger partial charge in [0, 0.05) is 25.0 Å². The maximum Gasteiger partial charge on any atom is 0.360 e. The maximum absolute atomic E-state index is 12.4. The Morgan fingerprint density at radius 1 is 1.33 bits per heavy atom. The van der Waals surface area contributed by atoms with E-state index in [0.717, 1.165) is 38.8 Å². The number of carbonyl (C=O) groups excluding carboxylic acids is 2. The lowest BCUT2D eigenvalue weighted by atomic mass is 10.0. The highest BCUT2D eigenvalue weighted by Crippen LogP contribution is 2.43. The van der Waals surface area contributed by atoms with Crippen molar-refractivity contribution >= 4 is 17.7 Å². The van der Waals surface area contributed by atoms with Crippen molar-refractivity contribution in [2.24, 2.45) is 11.8 Å². The topological polar surface area (TPSA) is 90.5 Å². The first kappa shape index (κ1) is 16.8. The van der Waals surface area contributed by atoms with E-state index in [9.17, 15) is 9.59 Å². The van der Waals surface area contributed by atoms with E-state index in [1.54, 1.807) is 13.3 Å². The van der Waals surface area contributed by atoms with E-state index in [-0.39, 0.29) is 17.7 Å². The molecule has 7 nitrogen and oxygen atoms in total. The minimum atomic E-state index is -0.485. The smallest absolute Gasteiger partial charge is 0.360 e. The van der Waals surface area contributed by atoms with Crippen LogP contribution in [-0.2, 0) is 9.53 Å². The molecule has 0 unspecified atom stereocenters. The number of nitrogen functional groups attached to an aromatic ring is 1. The lowest BCUT2D eigenvalue weighted by Crippen LogP contribution is -2.40. The first-order valence-electron chi connectivity index (χ1n) is 8.85. The van der Waals surface area contributed by atoms with Crippen LogP contribution in [-0.4, -0.2) is 46.0 Å². The molecule has 2 N–H and O–H groups in total. The summed E-state index contributed by atoms with van der Waals surface area (Å²) in [7, 11) is 0. The number of esters is 1. The van der Waals surface area contributed by atoms with Gasteiger partial charge in [0.05, 0.1) is 12.9 Å². The van der Waals surface area contributed by atoms with Crippen molar-refractivity contribution in [2.75, 3.05) is 25.4 Å². The van der Waals surface area contributed by atoms with E-state index in [1.165, 1.54) is 0 Å². The lowest BCUT2D eigenvalue weighted by molar-refractivity contribution is -0.134. The van der Waals surface area contributed by atoms with Crippen LogP contribution >= 0.6 is 0 Å². The summed E-state index contributed by atoms with van der Waals surface area (Å²) in [4.78, 5) is 30.3. The van der Waals surface area contributed by atoms with Gasteiger partial charge in [0.2, 0.25) is 5.91 Å². The van der Waals surface area contributed by atoms with Crippen LogP contribution in [0.5, 0.6) is 0 Å². The molecule has 3 rings (SSSR count). The number of likely N-dealkylation sites (tertiary alicyclic amines) is 1. The van der Waals surface area contributed by atoms with Crippen molar-refractivity contribution in [3.05, 3.63) is 12.0 Å². The van der Waals surface area contributed by atoms with Crippen LogP contribution in [0.1, 0.15) is 56.1 Å². The second-order valence-corrected chi connectivity index (χ2v) is 6.67. The predicted octanol–water partition coefficient (Wildman–Crippen LogP) is 1.85. The Morgan fingerprint density at radius 2 is 2.04 bits per heavy atom. The van der Waals surface area contributed by atoms with Gasteiger partial charge in [-0.15, -0.1) is 0 Å². The van der Waals surface area contributed by atoms with E-state index < -0.39 is 5.97 Å². The molecule has 24 heavy (non-hydrogen) atoms. The number of hydrogen-bond acceptors (Lipinski definition) is 5. The normalized spacial score (nSPS) is 24.0. The van der Waals surface area contributed by atoms with Crippen LogP contribution in [0.2, 0.25) is 0 Å². The molecule has 1 saturated carbocycles. The second-order valence-electron chi connectivity index (χ2n) is 6.67. The highest BCUT2D eigenvalue weighted by molar-refractivity contribution is 5.92. The van der Waals surface area contributed by atoms with Gasteiger partial charge in [-0.3, -0.25) is 4.79 Å². The molecule has 1 amide bonds. The molecule has 1 aliphatic carbocycles. The highest BCUT2D eigenvalue weighted by atomic mass is 16.5. The standard InChI is InChI=1S/C17H26N4O3/c1-3-11-9-13(11)16(22)20-7-5-12(6-8-20)21-10-19-14(15(21)18)17(23)24-4-2/h10-13H,3-9,18H2,1-2H3/t11-,13-/m1/s1. The van der Waals surface area contributed by atoms with Gasteiger partial charge in [-0.25, -0.2) is 9.78 Å². The van der Waals surface area contributed by atoms with E-state index in [4.69, 9.17) is 10.5 Å². The third-order valence-electron chi connectivity index (χ3n) is 5.23. The van der Waals surface area contributed by atoms with Crippen LogP contribution in [0.3, 0.4) is 0 Å². The zero-order valence-electron chi connectivity index (χ0n) is 14.4. The molecular formula is C17H26N4O3. The van der Waals surface area contributed by atoms with Gasteiger partial charge in [-0.1, -0.05) is 13.3 Å². The van der Waals surface area contributed by atoms with Crippen LogP contribution in [0.15, 0.2) is 6.33 Å². The van der Waals surface area contributed by atoms with Crippen molar-refractivity contribution < 1.29 is 14.3 Å². The molecule has 2 atom stereocenters. The highest BCUT2D eigenvalue weighted by Gasteiger charge is 2.44. The summed E-state index contributed by atoms with van der Waals surface area (Å²) in [6.07, 6.45) is 5.41. The number of aromatic nitrogens is 2. The molecule has 0 spiro atoms. The van der Waals surface area contributed by atoms with Crippen LogP contribution in [0.4, 0.5) is 5.82 Å². The largest absolute Gasteiger partial charge is 0.461 e. The third kappa shape index (κ3) is 3.12. The fraction of sp³-hybridized carbons (Fsp3) is 0.706. The summed E-state index contributed by atoms with van der Waals surface area (Å²) in [6.45, 7) is 5.67. The van der Waals surface area contributed by atoms with Gasteiger partial charge in [0.15, 0.2) is 5.69 Å². The average molecular weight is 334 g/mol. The maximum atomic E-state index is 12.4. The minimum Gasteiger partial charge on any atom is -0.461 e. The monoisotopic (exact) mass is 334 g/mol. The molecule has 1 aliphatic heterocycles. The van der Waals surface area contributed by atoms with E-state index in [0.29, 0.717) is 24.2 Å². The summed E-state index contributed by atoms with van der Waals surface area (Å²) >= 11 is 0. The Kier molecular flexibility index (Phi) is 4.78. The van der Waals surface area contributed by atoms with Crippen LogP contribution < -0.4 is 5.73 Å². The fourth-order valence-corrected chi connectivity index (χ4v) is 3.62. The molecular weight excluding hydrogens is 308 g/mol. The molecule has 2 heterocycles. The number of nitrogens with zero attached hydrogens (tertiary/aromatic N) is 3. The molecule has 0 bridgehead atoms. The summed E-state index contributed by atoms with van der Waals surface area (Å²) in [6, 6.07) is 0.172. The van der Waals surface area contributed by atoms with Gasteiger partial charge in [0.1, 0.15) is 5.82 Å². The van der Waals surface area contributed by atoms with Gasteiger partial charge in [-0.05, 0) is 32.1 Å². The summed E-state index contributed by atoms with van der Waals surface area (Å²) in [5, 5.41) is 0. The Bertz CT molecular complexity index is 619. The van der Waals surface area contributed by atoms with Gasteiger partial charge < -0.3 is 19.9 Å². The third-order valence-corrected chi connectivity index (χ3v) is 5.23. The second kappa shape index (κ2) is 6.83. The average Bonchev–Trinajstić information content (AvgIpc) is 3.29. The summed E-state index contributed by atoms with van der Waals surface area (Å²) in [5.41, 5.74) is 6.25.